The summed E-state index contributed by atoms with van der Waals surface area (Å²) >= 11 is 0. The van der Waals surface area contributed by atoms with Gasteiger partial charge in [-0.3, -0.25) is 13.9 Å². The van der Waals surface area contributed by atoms with Crippen molar-refractivity contribution in [3.63, 3.8) is 0 Å². The number of carbonyl (C=O) groups is 2. The van der Waals surface area contributed by atoms with Crippen LogP contribution in [0.2, 0.25) is 0 Å². The number of hydrazone groups is 1. The Hall–Kier alpha value is -3.98. The minimum Gasteiger partial charge on any atom is -0.326 e. The molecule has 0 aliphatic heterocycles. The van der Waals surface area contributed by atoms with E-state index < -0.39 is 22.5 Å². The van der Waals surface area contributed by atoms with Crippen LogP contribution in [0.15, 0.2) is 76.7 Å². The zero-order chi connectivity index (χ0) is 26.5. The van der Waals surface area contributed by atoms with Gasteiger partial charge in [0.25, 0.3) is 15.9 Å². The second-order valence-corrected chi connectivity index (χ2v) is 10.5. The summed E-state index contributed by atoms with van der Waals surface area (Å²) in [6.45, 7) is 8.21. The van der Waals surface area contributed by atoms with Crippen LogP contribution < -0.4 is 15.0 Å². The first-order valence-corrected chi connectivity index (χ1v) is 12.8. The molecule has 0 saturated heterocycles. The Morgan fingerprint density at radius 3 is 2.22 bits per heavy atom. The third kappa shape index (κ3) is 6.57. The molecular formula is C27H30N4O4S. The van der Waals surface area contributed by atoms with Crippen molar-refractivity contribution in [1.29, 1.82) is 0 Å². The van der Waals surface area contributed by atoms with Crippen molar-refractivity contribution < 1.29 is 18.0 Å². The number of nitrogens with one attached hydrogen (secondary N) is 2. The molecule has 188 valence electrons. The summed E-state index contributed by atoms with van der Waals surface area (Å²) in [4.78, 5) is 24.3. The van der Waals surface area contributed by atoms with Crippen molar-refractivity contribution in [1.82, 2.24) is 5.43 Å². The van der Waals surface area contributed by atoms with Gasteiger partial charge in [0.1, 0.15) is 6.54 Å². The molecule has 0 aromatic heterocycles. The SMILES string of the molecule is CC(=O)Nc1cccc(/C(C)=N\NC(=O)CN(c2cc(C)ccc2C)S(=O)(=O)c2ccc(C)cc2)c1. The second-order valence-electron chi connectivity index (χ2n) is 8.61. The van der Waals surface area contributed by atoms with Crippen molar-refractivity contribution >= 4 is 38.9 Å². The van der Waals surface area contributed by atoms with Crippen molar-refractivity contribution in [2.24, 2.45) is 5.10 Å². The summed E-state index contributed by atoms with van der Waals surface area (Å²) in [5, 5.41) is 6.85. The van der Waals surface area contributed by atoms with Crippen LogP contribution in [0.25, 0.3) is 0 Å². The van der Waals surface area contributed by atoms with Crippen LogP contribution in [0.5, 0.6) is 0 Å². The molecule has 0 aliphatic rings. The van der Waals surface area contributed by atoms with Crippen molar-refractivity contribution in [3.8, 4) is 0 Å². The quantitative estimate of drug-likeness (QED) is 0.351. The van der Waals surface area contributed by atoms with Crippen LogP contribution >= 0.6 is 0 Å². The average Bonchev–Trinajstić information content (AvgIpc) is 2.82. The van der Waals surface area contributed by atoms with Gasteiger partial charge in [-0.25, -0.2) is 13.8 Å². The molecule has 0 fully saturated rings. The Kier molecular flexibility index (Phi) is 8.26. The van der Waals surface area contributed by atoms with Gasteiger partial charge >= 0.3 is 0 Å². The summed E-state index contributed by atoms with van der Waals surface area (Å²) in [5.74, 6) is -0.791. The molecule has 3 rings (SSSR count). The molecule has 2 amide bonds. The molecule has 0 unspecified atom stereocenters. The summed E-state index contributed by atoms with van der Waals surface area (Å²) in [6, 6.07) is 19.0. The lowest BCUT2D eigenvalue weighted by molar-refractivity contribution is -0.119. The maximum atomic E-state index is 13.6. The van der Waals surface area contributed by atoms with E-state index in [4.69, 9.17) is 0 Å². The molecule has 36 heavy (non-hydrogen) atoms. The summed E-state index contributed by atoms with van der Waals surface area (Å²) < 4.78 is 28.3. The molecule has 0 heterocycles. The average molecular weight is 507 g/mol. The Labute approximate surface area is 212 Å². The second kappa shape index (κ2) is 11.2. The first-order valence-electron chi connectivity index (χ1n) is 11.3. The molecular weight excluding hydrogens is 476 g/mol. The molecule has 0 atom stereocenters. The molecule has 9 heteroatoms. The predicted octanol–water partition coefficient (Wildman–Crippen LogP) is 4.31. The largest absolute Gasteiger partial charge is 0.326 e. The van der Waals surface area contributed by atoms with Crippen LogP contribution in [0, 0.1) is 20.8 Å². The number of benzene rings is 3. The number of carbonyl (C=O) groups excluding carboxylic acids is 2. The highest BCUT2D eigenvalue weighted by Crippen LogP contribution is 2.28. The standard InChI is InChI=1S/C27H30N4O4S/c1-18-10-13-25(14-11-18)36(34,35)31(26-15-19(2)9-12-20(26)3)17-27(33)30-29-21(4)23-7-6-8-24(16-23)28-22(5)32/h6-16H,17H2,1-5H3,(H,28,32)(H,30,33)/b29-21-. The zero-order valence-corrected chi connectivity index (χ0v) is 21.8. The summed E-state index contributed by atoms with van der Waals surface area (Å²) in [6.07, 6.45) is 0. The monoisotopic (exact) mass is 506 g/mol. The zero-order valence-electron chi connectivity index (χ0n) is 21.0. The fourth-order valence-corrected chi connectivity index (χ4v) is 5.00. The molecule has 8 nitrogen and oxygen atoms in total. The molecule has 0 bridgehead atoms. The molecule has 0 spiro atoms. The van der Waals surface area contributed by atoms with E-state index in [1.165, 1.54) is 19.1 Å². The highest BCUT2D eigenvalue weighted by Gasteiger charge is 2.28. The first kappa shape index (κ1) is 26.6. The van der Waals surface area contributed by atoms with Crippen molar-refractivity contribution in [3.05, 3.63) is 89.0 Å². The molecule has 0 radical (unpaired) electrons. The van der Waals surface area contributed by atoms with Crippen LogP contribution in [0.1, 0.15) is 36.1 Å². The summed E-state index contributed by atoms with van der Waals surface area (Å²) in [5.41, 5.74) is 7.20. The maximum absolute atomic E-state index is 13.6. The van der Waals surface area contributed by atoms with Gasteiger partial charge in [-0.05, 0) is 74.7 Å². The predicted molar refractivity (Wildman–Crippen MR) is 143 cm³/mol. The number of nitrogens with zero attached hydrogens (tertiary/aromatic N) is 2. The van der Waals surface area contributed by atoms with Crippen LogP contribution in [0.3, 0.4) is 0 Å². The van der Waals surface area contributed by atoms with E-state index in [9.17, 15) is 18.0 Å². The maximum Gasteiger partial charge on any atom is 0.264 e. The lowest BCUT2D eigenvalue weighted by Crippen LogP contribution is -2.40. The Balaban J connectivity index is 1.89. The lowest BCUT2D eigenvalue weighted by atomic mass is 10.1. The lowest BCUT2D eigenvalue weighted by Gasteiger charge is -2.25. The molecule has 3 aromatic carbocycles. The van der Waals surface area contributed by atoms with Crippen LogP contribution in [0.4, 0.5) is 11.4 Å². The van der Waals surface area contributed by atoms with Gasteiger partial charge in [0.05, 0.1) is 16.3 Å². The van der Waals surface area contributed by atoms with E-state index in [2.05, 4.69) is 15.8 Å². The number of anilines is 2. The van der Waals surface area contributed by atoms with Gasteiger partial charge in [0.15, 0.2) is 0 Å². The Morgan fingerprint density at radius 1 is 0.889 bits per heavy atom. The third-order valence-electron chi connectivity index (χ3n) is 5.48. The van der Waals surface area contributed by atoms with Gasteiger partial charge in [-0.1, -0.05) is 42.0 Å². The van der Waals surface area contributed by atoms with Gasteiger partial charge in [-0.2, -0.15) is 5.10 Å². The fraction of sp³-hybridized carbons (Fsp3) is 0.222. The molecule has 3 aromatic rings. The van der Waals surface area contributed by atoms with E-state index in [-0.39, 0.29) is 10.8 Å². The van der Waals surface area contributed by atoms with Gasteiger partial charge in [-0.15, -0.1) is 0 Å². The van der Waals surface area contributed by atoms with E-state index in [1.54, 1.807) is 56.3 Å². The number of amides is 2. The van der Waals surface area contributed by atoms with E-state index in [0.717, 1.165) is 21.0 Å². The number of rotatable bonds is 8. The topological polar surface area (TPSA) is 108 Å². The number of aryl methyl sites for hydroxylation is 3. The van der Waals surface area contributed by atoms with Crippen LogP contribution in [-0.2, 0) is 19.6 Å². The minimum absolute atomic E-state index is 0.0938. The van der Waals surface area contributed by atoms with E-state index >= 15 is 0 Å². The smallest absolute Gasteiger partial charge is 0.264 e. The molecule has 2 N–H and O–H groups in total. The van der Waals surface area contributed by atoms with Crippen LogP contribution in [-0.4, -0.2) is 32.5 Å². The van der Waals surface area contributed by atoms with Crippen molar-refractivity contribution in [2.75, 3.05) is 16.2 Å². The van der Waals surface area contributed by atoms with Crippen molar-refractivity contribution in [2.45, 2.75) is 39.5 Å². The minimum atomic E-state index is -4.03. The summed E-state index contributed by atoms with van der Waals surface area (Å²) in [7, 11) is -4.03. The van der Waals surface area contributed by atoms with E-state index in [0.29, 0.717) is 22.6 Å². The fourth-order valence-electron chi connectivity index (χ4n) is 3.53. The Bertz CT molecular complexity index is 1410. The number of sulfonamides is 1. The highest BCUT2D eigenvalue weighted by molar-refractivity contribution is 7.92. The molecule has 0 aliphatic carbocycles. The van der Waals surface area contributed by atoms with Gasteiger partial charge in [0.2, 0.25) is 5.91 Å². The highest BCUT2D eigenvalue weighted by atomic mass is 32.2. The molecule has 0 saturated carbocycles. The Morgan fingerprint density at radius 2 is 1.56 bits per heavy atom. The van der Waals surface area contributed by atoms with Gasteiger partial charge in [0, 0.05) is 12.6 Å². The number of hydrogen-bond donors (Lipinski definition) is 2. The first-order chi connectivity index (χ1) is 17.0. The third-order valence-corrected chi connectivity index (χ3v) is 7.25. The number of hydrogen-bond acceptors (Lipinski definition) is 5. The van der Waals surface area contributed by atoms with Gasteiger partial charge < -0.3 is 5.32 Å². The normalized spacial score (nSPS) is 11.6. The van der Waals surface area contributed by atoms with E-state index in [1.807, 2.05) is 26.0 Å².